The minimum absolute atomic E-state index is 0.106. The van der Waals surface area contributed by atoms with Crippen molar-refractivity contribution in [3.63, 3.8) is 0 Å². The van der Waals surface area contributed by atoms with Crippen LogP contribution in [0.2, 0.25) is 0 Å². The highest BCUT2D eigenvalue weighted by Crippen LogP contribution is 2.20. The molecule has 5 nitrogen and oxygen atoms in total. The highest BCUT2D eigenvalue weighted by molar-refractivity contribution is 5.74. The number of aliphatic carboxylic acids is 1. The molecule has 94 valence electrons. The van der Waals surface area contributed by atoms with Crippen LogP contribution < -0.4 is 5.32 Å². The van der Waals surface area contributed by atoms with Gasteiger partial charge in [0.2, 0.25) is 0 Å². The Balaban J connectivity index is 2.26. The number of nitrogens with zero attached hydrogens (tertiary/aromatic N) is 1. The number of nitrogens with one attached hydrogen (secondary N) is 1. The van der Waals surface area contributed by atoms with Crippen molar-refractivity contribution in [1.82, 2.24) is 10.2 Å². The second-order valence-corrected chi connectivity index (χ2v) is 4.12. The highest BCUT2D eigenvalue weighted by Gasteiger charge is 2.25. The Morgan fingerprint density at radius 3 is 2.94 bits per heavy atom. The molecule has 1 aliphatic rings. The molecule has 2 amide bonds. The molecule has 0 aromatic heterocycles. The fourth-order valence-electron chi connectivity index (χ4n) is 1.90. The first-order chi connectivity index (χ1) is 8.13. The lowest BCUT2D eigenvalue weighted by atomic mass is 10.0. The zero-order valence-electron chi connectivity index (χ0n) is 10.0. The van der Waals surface area contributed by atoms with Gasteiger partial charge < -0.3 is 15.3 Å². The molecule has 0 saturated carbocycles. The summed E-state index contributed by atoms with van der Waals surface area (Å²) >= 11 is 0. The lowest BCUT2D eigenvalue weighted by molar-refractivity contribution is -0.137. The van der Waals surface area contributed by atoms with Crippen LogP contribution in [0.15, 0.2) is 0 Å². The zero-order valence-corrected chi connectivity index (χ0v) is 10.0. The smallest absolute Gasteiger partial charge is 0.318 e. The Labute approximate surface area is 101 Å². The van der Waals surface area contributed by atoms with Crippen molar-refractivity contribution in [2.75, 3.05) is 19.6 Å². The van der Waals surface area contributed by atoms with Gasteiger partial charge in [-0.25, -0.2) is 4.79 Å². The molecule has 1 unspecified atom stereocenters. The molecule has 0 bridgehead atoms. The summed E-state index contributed by atoms with van der Waals surface area (Å²) in [5.74, 6) is 5.02. The SMILES string of the molecule is CC#CCNC(=O)N1CCC(CCC(=O)O)C1. The molecule has 1 saturated heterocycles. The third-order valence-corrected chi connectivity index (χ3v) is 2.84. The van der Waals surface area contributed by atoms with Gasteiger partial charge in [-0.15, -0.1) is 5.92 Å². The Kier molecular flexibility index (Phi) is 5.34. The lowest BCUT2D eigenvalue weighted by Gasteiger charge is -2.16. The maximum absolute atomic E-state index is 11.6. The first kappa shape index (κ1) is 13.4. The minimum Gasteiger partial charge on any atom is -0.481 e. The van der Waals surface area contributed by atoms with E-state index in [1.54, 1.807) is 11.8 Å². The van der Waals surface area contributed by atoms with Crippen molar-refractivity contribution < 1.29 is 14.7 Å². The van der Waals surface area contributed by atoms with Gasteiger partial charge in [0.1, 0.15) is 0 Å². The van der Waals surface area contributed by atoms with Gasteiger partial charge in [0.05, 0.1) is 6.54 Å². The number of urea groups is 1. The van der Waals surface area contributed by atoms with E-state index in [9.17, 15) is 9.59 Å². The third kappa shape index (κ3) is 4.77. The normalized spacial score (nSPS) is 18.4. The van der Waals surface area contributed by atoms with Crippen molar-refractivity contribution in [2.45, 2.75) is 26.2 Å². The standard InChI is InChI=1S/C12H18N2O3/c1-2-3-7-13-12(17)14-8-6-10(9-14)4-5-11(15)16/h10H,4-9H2,1H3,(H,13,17)(H,15,16). The van der Waals surface area contributed by atoms with Gasteiger partial charge in [0.15, 0.2) is 0 Å². The van der Waals surface area contributed by atoms with E-state index in [0.29, 0.717) is 32.0 Å². The zero-order chi connectivity index (χ0) is 12.7. The van der Waals surface area contributed by atoms with Crippen molar-refractivity contribution in [2.24, 2.45) is 5.92 Å². The average Bonchev–Trinajstić information content (AvgIpc) is 2.75. The Morgan fingerprint density at radius 1 is 1.53 bits per heavy atom. The average molecular weight is 238 g/mol. The van der Waals surface area contributed by atoms with Gasteiger partial charge >= 0.3 is 12.0 Å². The number of hydrogen-bond donors (Lipinski definition) is 2. The summed E-state index contributed by atoms with van der Waals surface area (Å²) in [7, 11) is 0. The van der Waals surface area contributed by atoms with Crippen molar-refractivity contribution >= 4 is 12.0 Å². The van der Waals surface area contributed by atoms with E-state index in [4.69, 9.17) is 5.11 Å². The van der Waals surface area contributed by atoms with E-state index in [1.165, 1.54) is 0 Å². The van der Waals surface area contributed by atoms with Gasteiger partial charge in [-0.3, -0.25) is 4.79 Å². The molecule has 0 aromatic rings. The Morgan fingerprint density at radius 2 is 2.29 bits per heavy atom. The molecule has 0 aromatic carbocycles. The van der Waals surface area contributed by atoms with Crippen LogP contribution in [0.4, 0.5) is 4.79 Å². The maximum atomic E-state index is 11.6. The molecule has 2 N–H and O–H groups in total. The molecule has 1 aliphatic heterocycles. The van der Waals surface area contributed by atoms with E-state index in [2.05, 4.69) is 17.2 Å². The quantitative estimate of drug-likeness (QED) is 0.715. The Hall–Kier alpha value is -1.70. The summed E-state index contributed by atoms with van der Waals surface area (Å²) in [4.78, 5) is 23.8. The highest BCUT2D eigenvalue weighted by atomic mass is 16.4. The molecule has 1 atom stereocenters. The molecule has 0 spiro atoms. The van der Waals surface area contributed by atoms with Crippen LogP contribution in [-0.2, 0) is 4.79 Å². The number of carboxylic acids is 1. The lowest BCUT2D eigenvalue weighted by Crippen LogP contribution is -2.38. The summed E-state index contributed by atoms with van der Waals surface area (Å²) in [6.07, 6.45) is 1.72. The van der Waals surface area contributed by atoms with E-state index in [1.807, 2.05) is 0 Å². The number of amides is 2. The molecule has 1 heterocycles. The second-order valence-electron chi connectivity index (χ2n) is 4.12. The van der Waals surface area contributed by atoms with Crippen LogP contribution >= 0.6 is 0 Å². The van der Waals surface area contributed by atoms with Gasteiger partial charge in [-0.2, -0.15) is 0 Å². The molecule has 1 rings (SSSR count). The van der Waals surface area contributed by atoms with E-state index >= 15 is 0 Å². The van der Waals surface area contributed by atoms with Crippen LogP contribution in [0, 0.1) is 17.8 Å². The predicted molar refractivity (Wildman–Crippen MR) is 63.4 cm³/mol. The molecule has 1 fully saturated rings. The number of carbonyl (C=O) groups excluding carboxylic acids is 1. The fraction of sp³-hybridized carbons (Fsp3) is 0.667. The molecule has 0 radical (unpaired) electrons. The minimum atomic E-state index is -0.772. The summed E-state index contributed by atoms with van der Waals surface area (Å²) in [5.41, 5.74) is 0. The largest absolute Gasteiger partial charge is 0.481 e. The molecule has 0 aliphatic carbocycles. The Bertz CT molecular complexity index is 343. The van der Waals surface area contributed by atoms with Crippen LogP contribution in [0.3, 0.4) is 0 Å². The summed E-state index contributed by atoms with van der Waals surface area (Å²) in [6.45, 7) is 3.45. The van der Waals surface area contributed by atoms with Crippen LogP contribution in [0.25, 0.3) is 0 Å². The number of carboxylic acid groups (broad SMARTS) is 1. The maximum Gasteiger partial charge on any atom is 0.318 e. The van der Waals surface area contributed by atoms with Gasteiger partial charge in [-0.1, -0.05) is 5.92 Å². The van der Waals surface area contributed by atoms with Crippen molar-refractivity contribution in [3.05, 3.63) is 0 Å². The topological polar surface area (TPSA) is 69.6 Å². The summed E-state index contributed by atoms with van der Waals surface area (Å²) < 4.78 is 0. The van der Waals surface area contributed by atoms with Gasteiger partial charge in [-0.05, 0) is 25.7 Å². The van der Waals surface area contributed by atoms with Crippen molar-refractivity contribution in [3.8, 4) is 11.8 Å². The van der Waals surface area contributed by atoms with Crippen LogP contribution in [0.1, 0.15) is 26.2 Å². The van der Waals surface area contributed by atoms with Gasteiger partial charge in [0, 0.05) is 19.5 Å². The number of carbonyl (C=O) groups is 2. The summed E-state index contributed by atoms with van der Waals surface area (Å²) in [5, 5.41) is 11.3. The molecule has 17 heavy (non-hydrogen) atoms. The third-order valence-electron chi connectivity index (χ3n) is 2.84. The van der Waals surface area contributed by atoms with E-state index in [0.717, 1.165) is 6.42 Å². The number of hydrogen-bond acceptors (Lipinski definition) is 2. The van der Waals surface area contributed by atoms with Crippen LogP contribution in [-0.4, -0.2) is 41.6 Å². The first-order valence-corrected chi connectivity index (χ1v) is 5.77. The van der Waals surface area contributed by atoms with Crippen LogP contribution in [0.5, 0.6) is 0 Å². The predicted octanol–water partition coefficient (Wildman–Crippen LogP) is 0.906. The number of rotatable bonds is 4. The second kappa shape index (κ2) is 6.79. The monoisotopic (exact) mass is 238 g/mol. The van der Waals surface area contributed by atoms with Crippen molar-refractivity contribution in [1.29, 1.82) is 0 Å². The molecular weight excluding hydrogens is 220 g/mol. The van der Waals surface area contributed by atoms with E-state index in [-0.39, 0.29) is 12.5 Å². The molecular formula is C12H18N2O3. The number of likely N-dealkylation sites (tertiary alicyclic amines) is 1. The molecule has 5 heteroatoms. The first-order valence-electron chi connectivity index (χ1n) is 5.77. The summed E-state index contributed by atoms with van der Waals surface area (Å²) in [6, 6.07) is -0.106. The van der Waals surface area contributed by atoms with Gasteiger partial charge in [0.25, 0.3) is 0 Å². The van der Waals surface area contributed by atoms with E-state index < -0.39 is 5.97 Å². The fourth-order valence-corrected chi connectivity index (χ4v) is 1.90.